The minimum Gasteiger partial charge on any atom is -0.341 e. The predicted octanol–water partition coefficient (Wildman–Crippen LogP) is 3.08. The Morgan fingerprint density at radius 1 is 1.56 bits per heavy atom. The van der Waals surface area contributed by atoms with Crippen molar-refractivity contribution in [2.24, 2.45) is 5.73 Å². The highest BCUT2D eigenvalue weighted by molar-refractivity contribution is 9.10. The van der Waals surface area contributed by atoms with E-state index in [9.17, 15) is 0 Å². The molecule has 0 saturated carbocycles. The number of rotatable bonds is 4. The van der Waals surface area contributed by atoms with Crippen LogP contribution < -0.4 is 5.73 Å². The van der Waals surface area contributed by atoms with Crippen LogP contribution in [0.5, 0.6) is 0 Å². The third-order valence-electron chi connectivity index (χ3n) is 2.45. The van der Waals surface area contributed by atoms with Crippen LogP contribution in [0.1, 0.15) is 18.3 Å². The highest BCUT2D eigenvalue weighted by atomic mass is 79.9. The maximum Gasteiger partial charge on any atom is 0.124 e. The number of imidazole rings is 1. The van der Waals surface area contributed by atoms with E-state index in [1.165, 1.54) is 0 Å². The summed E-state index contributed by atoms with van der Waals surface area (Å²) in [5.74, 6) is 1.93. The highest BCUT2D eigenvalue weighted by Gasteiger charge is 2.10. The van der Waals surface area contributed by atoms with Crippen molar-refractivity contribution in [1.82, 2.24) is 9.97 Å². The highest BCUT2D eigenvalue weighted by Crippen LogP contribution is 2.21. The van der Waals surface area contributed by atoms with Crippen LogP contribution in [-0.4, -0.2) is 22.0 Å². The summed E-state index contributed by atoms with van der Waals surface area (Å²) < 4.78 is 1.05. The molecule has 86 valence electrons. The fraction of sp³-hybridized carbons (Fsp3) is 0.364. The molecule has 1 atom stereocenters. The van der Waals surface area contributed by atoms with Gasteiger partial charge in [0.2, 0.25) is 0 Å². The van der Waals surface area contributed by atoms with Crippen molar-refractivity contribution in [2.45, 2.75) is 12.5 Å². The summed E-state index contributed by atoms with van der Waals surface area (Å²) in [6, 6.07) is 5.99. The van der Waals surface area contributed by atoms with Gasteiger partial charge in [0, 0.05) is 4.47 Å². The van der Waals surface area contributed by atoms with E-state index in [-0.39, 0.29) is 6.04 Å². The van der Waals surface area contributed by atoms with Gasteiger partial charge in [-0.05, 0) is 36.6 Å². The van der Waals surface area contributed by atoms with Crippen LogP contribution in [0.4, 0.5) is 0 Å². The molecule has 1 aromatic heterocycles. The van der Waals surface area contributed by atoms with Gasteiger partial charge in [0.15, 0.2) is 0 Å². The maximum absolute atomic E-state index is 6.06. The standard InChI is InChI=1S/C11H14BrN3S/c1-16-5-4-8(13)11-14-9-3-2-7(12)6-10(9)15-11/h2-3,6,8H,4-5,13H2,1H3,(H,14,15). The summed E-state index contributed by atoms with van der Waals surface area (Å²) in [4.78, 5) is 7.77. The fourth-order valence-electron chi connectivity index (χ4n) is 1.56. The number of aromatic nitrogens is 2. The van der Waals surface area contributed by atoms with E-state index in [2.05, 4.69) is 32.2 Å². The molecule has 0 fully saturated rings. The first kappa shape index (κ1) is 12.0. The minimum absolute atomic E-state index is 0.00127. The zero-order valence-electron chi connectivity index (χ0n) is 9.03. The van der Waals surface area contributed by atoms with Gasteiger partial charge in [0.25, 0.3) is 0 Å². The Hall–Kier alpha value is -0.520. The summed E-state index contributed by atoms with van der Waals surface area (Å²) >= 11 is 5.24. The molecule has 1 heterocycles. The quantitative estimate of drug-likeness (QED) is 0.912. The first-order valence-corrected chi connectivity index (χ1v) is 7.29. The van der Waals surface area contributed by atoms with Crippen LogP contribution >= 0.6 is 27.7 Å². The second-order valence-electron chi connectivity index (χ2n) is 3.67. The van der Waals surface area contributed by atoms with Gasteiger partial charge in [0.05, 0.1) is 17.1 Å². The van der Waals surface area contributed by atoms with Crippen LogP contribution in [0.25, 0.3) is 11.0 Å². The largest absolute Gasteiger partial charge is 0.341 e. The number of thioether (sulfide) groups is 1. The Morgan fingerprint density at radius 2 is 2.38 bits per heavy atom. The van der Waals surface area contributed by atoms with Crippen molar-refractivity contribution in [1.29, 1.82) is 0 Å². The van der Waals surface area contributed by atoms with Gasteiger partial charge in [-0.2, -0.15) is 11.8 Å². The number of aromatic amines is 1. The number of H-pyrrole nitrogens is 1. The molecule has 1 aromatic carbocycles. The van der Waals surface area contributed by atoms with E-state index in [4.69, 9.17) is 5.73 Å². The van der Waals surface area contributed by atoms with Crippen molar-refractivity contribution < 1.29 is 0 Å². The second-order valence-corrected chi connectivity index (χ2v) is 5.57. The van der Waals surface area contributed by atoms with Gasteiger partial charge >= 0.3 is 0 Å². The number of nitrogens with one attached hydrogen (secondary N) is 1. The molecule has 0 saturated heterocycles. The van der Waals surface area contributed by atoms with Crippen molar-refractivity contribution in [3.8, 4) is 0 Å². The van der Waals surface area contributed by atoms with Gasteiger partial charge in [-0.1, -0.05) is 15.9 Å². The van der Waals surface area contributed by atoms with E-state index >= 15 is 0 Å². The monoisotopic (exact) mass is 299 g/mol. The average molecular weight is 300 g/mol. The molecule has 3 N–H and O–H groups in total. The van der Waals surface area contributed by atoms with Gasteiger partial charge in [-0.3, -0.25) is 0 Å². The molecule has 0 spiro atoms. The third-order valence-corrected chi connectivity index (χ3v) is 3.58. The molecule has 2 rings (SSSR count). The Kier molecular flexibility index (Phi) is 3.89. The minimum atomic E-state index is -0.00127. The molecule has 0 radical (unpaired) electrons. The van der Waals surface area contributed by atoms with Gasteiger partial charge in [-0.25, -0.2) is 4.98 Å². The molecule has 0 aliphatic carbocycles. The molecule has 3 nitrogen and oxygen atoms in total. The Labute approximate surface area is 107 Å². The molecule has 2 aromatic rings. The molecule has 5 heteroatoms. The smallest absolute Gasteiger partial charge is 0.124 e. The van der Waals surface area contributed by atoms with Crippen LogP contribution in [0.3, 0.4) is 0 Å². The van der Waals surface area contributed by atoms with Crippen molar-refractivity contribution in [3.63, 3.8) is 0 Å². The lowest BCUT2D eigenvalue weighted by Crippen LogP contribution is -2.12. The Balaban J connectivity index is 2.25. The number of halogens is 1. The van der Waals surface area contributed by atoms with Crippen molar-refractivity contribution in [2.75, 3.05) is 12.0 Å². The van der Waals surface area contributed by atoms with Crippen molar-refractivity contribution >= 4 is 38.7 Å². The van der Waals surface area contributed by atoms with E-state index in [1.807, 2.05) is 18.2 Å². The van der Waals surface area contributed by atoms with E-state index < -0.39 is 0 Å². The first-order chi connectivity index (χ1) is 7.70. The summed E-state index contributed by atoms with van der Waals surface area (Å²) in [5, 5.41) is 0. The molecule has 16 heavy (non-hydrogen) atoms. The van der Waals surface area contributed by atoms with Crippen molar-refractivity contribution in [3.05, 3.63) is 28.5 Å². The van der Waals surface area contributed by atoms with Gasteiger partial charge in [0.1, 0.15) is 5.82 Å². The number of fused-ring (bicyclic) bond motifs is 1. The molecule has 0 aliphatic rings. The lowest BCUT2D eigenvalue weighted by molar-refractivity contribution is 0.666. The Bertz CT molecular complexity index is 483. The summed E-state index contributed by atoms with van der Waals surface area (Å²) in [6.45, 7) is 0. The second kappa shape index (κ2) is 5.21. The summed E-state index contributed by atoms with van der Waals surface area (Å²) in [5.41, 5.74) is 8.07. The number of hydrogen-bond acceptors (Lipinski definition) is 3. The van der Waals surface area contributed by atoms with Crippen LogP contribution in [0.15, 0.2) is 22.7 Å². The van der Waals surface area contributed by atoms with Crippen LogP contribution in [0.2, 0.25) is 0 Å². The zero-order valence-corrected chi connectivity index (χ0v) is 11.4. The molecule has 1 unspecified atom stereocenters. The normalized spacial score (nSPS) is 13.2. The van der Waals surface area contributed by atoms with Crippen LogP contribution in [-0.2, 0) is 0 Å². The first-order valence-electron chi connectivity index (χ1n) is 5.10. The fourth-order valence-corrected chi connectivity index (χ4v) is 2.41. The number of benzene rings is 1. The van der Waals surface area contributed by atoms with Crippen LogP contribution in [0, 0.1) is 0 Å². The molecule has 0 aliphatic heterocycles. The SMILES string of the molecule is CSCCC(N)c1nc2ccc(Br)cc2[nH]1. The van der Waals surface area contributed by atoms with Gasteiger partial charge in [-0.15, -0.1) is 0 Å². The predicted molar refractivity (Wildman–Crippen MR) is 73.7 cm³/mol. The molecular formula is C11H14BrN3S. The summed E-state index contributed by atoms with van der Waals surface area (Å²) in [6.07, 6.45) is 3.03. The number of hydrogen-bond donors (Lipinski definition) is 2. The van der Waals surface area contributed by atoms with E-state index in [0.29, 0.717) is 0 Å². The lowest BCUT2D eigenvalue weighted by Gasteiger charge is -2.06. The summed E-state index contributed by atoms with van der Waals surface area (Å²) in [7, 11) is 0. The van der Waals surface area contributed by atoms with Gasteiger partial charge < -0.3 is 10.7 Å². The Morgan fingerprint density at radius 3 is 3.12 bits per heavy atom. The molecular weight excluding hydrogens is 286 g/mol. The number of nitrogens with zero attached hydrogens (tertiary/aromatic N) is 1. The lowest BCUT2D eigenvalue weighted by atomic mass is 10.2. The maximum atomic E-state index is 6.06. The van der Waals surface area contributed by atoms with E-state index in [0.717, 1.165) is 33.5 Å². The molecule has 0 bridgehead atoms. The molecule has 0 amide bonds. The third kappa shape index (κ3) is 2.59. The topological polar surface area (TPSA) is 54.7 Å². The zero-order chi connectivity index (χ0) is 11.5. The number of nitrogens with two attached hydrogens (primary N) is 1. The van der Waals surface area contributed by atoms with E-state index in [1.54, 1.807) is 11.8 Å². The average Bonchev–Trinajstić information content (AvgIpc) is 2.68.